The summed E-state index contributed by atoms with van der Waals surface area (Å²) in [5, 5.41) is 3.27. The van der Waals surface area contributed by atoms with Crippen LogP contribution >= 0.6 is 0 Å². The van der Waals surface area contributed by atoms with Crippen LogP contribution < -0.4 is 5.32 Å². The topological polar surface area (TPSA) is 15.3 Å². The minimum Gasteiger partial charge on any atom is -0.316 e. The summed E-state index contributed by atoms with van der Waals surface area (Å²) in [5.41, 5.74) is -0.111. The Morgan fingerprint density at radius 1 is 1.11 bits per heavy atom. The van der Waals surface area contributed by atoms with Crippen LogP contribution in [-0.2, 0) is 0 Å². The van der Waals surface area contributed by atoms with Crippen LogP contribution in [0.15, 0.2) is 0 Å². The summed E-state index contributed by atoms with van der Waals surface area (Å²) in [4.78, 5) is 1.53. The van der Waals surface area contributed by atoms with E-state index in [0.29, 0.717) is 6.54 Å². The molecule has 0 heterocycles. The fourth-order valence-corrected chi connectivity index (χ4v) is 2.40. The van der Waals surface area contributed by atoms with Crippen LogP contribution in [0, 0.1) is 5.41 Å². The lowest BCUT2D eigenvalue weighted by Crippen LogP contribution is -2.48. The fourth-order valence-electron chi connectivity index (χ4n) is 2.40. The van der Waals surface area contributed by atoms with Gasteiger partial charge in [0.25, 0.3) is 0 Å². The van der Waals surface area contributed by atoms with Crippen molar-refractivity contribution in [3.8, 4) is 0 Å². The quantitative estimate of drug-likeness (QED) is 0.694. The van der Waals surface area contributed by atoms with Crippen molar-refractivity contribution < 1.29 is 13.2 Å². The molecule has 0 bridgehead atoms. The third-order valence-electron chi connectivity index (χ3n) is 3.35. The normalized spacial score (nSPS) is 16.1. The van der Waals surface area contributed by atoms with Gasteiger partial charge in [-0.15, -0.1) is 0 Å². The minimum absolute atomic E-state index is 0.0977. The van der Waals surface area contributed by atoms with E-state index in [1.807, 2.05) is 20.8 Å². The van der Waals surface area contributed by atoms with E-state index in [1.165, 1.54) is 4.90 Å². The molecule has 0 aromatic carbocycles. The SMILES string of the molecule is CCCC(C)(CNCC)CN(CC(F)(F)F)C(C)C. The zero-order valence-electron chi connectivity index (χ0n) is 12.9. The van der Waals surface area contributed by atoms with Gasteiger partial charge in [0.1, 0.15) is 0 Å². The molecule has 0 spiro atoms. The Hall–Kier alpha value is -0.290. The highest BCUT2D eigenvalue weighted by atomic mass is 19.4. The Morgan fingerprint density at radius 3 is 2.05 bits per heavy atom. The monoisotopic (exact) mass is 282 g/mol. The molecule has 0 aliphatic carbocycles. The lowest BCUT2D eigenvalue weighted by molar-refractivity contribution is -0.153. The Morgan fingerprint density at radius 2 is 1.68 bits per heavy atom. The van der Waals surface area contributed by atoms with Gasteiger partial charge < -0.3 is 5.32 Å². The number of hydrogen-bond donors (Lipinski definition) is 1. The molecule has 116 valence electrons. The standard InChI is InChI=1S/C14H29F3N2/c1-6-8-13(5,9-18-7-2)10-19(12(3)4)11-14(15,16)17/h12,18H,6-11H2,1-5H3. The molecule has 0 rings (SSSR count). The lowest BCUT2D eigenvalue weighted by Gasteiger charge is -2.38. The minimum atomic E-state index is -4.13. The molecule has 0 saturated heterocycles. The van der Waals surface area contributed by atoms with Crippen molar-refractivity contribution in [3.05, 3.63) is 0 Å². The number of rotatable bonds is 9. The lowest BCUT2D eigenvalue weighted by atomic mass is 9.84. The van der Waals surface area contributed by atoms with Crippen molar-refractivity contribution >= 4 is 0 Å². The molecule has 0 aliphatic rings. The maximum Gasteiger partial charge on any atom is 0.401 e. The van der Waals surface area contributed by atoms with E-state index in [0.717, 1.165) is 25.9 Å². The van der Waals surface area contributed by atoms with Crippen LogP contribution in [0.25, 0.3) is 0 Å². The van der Waals surface area contributed by atoms with Crippen molar-refractivity contribution in [1.82, 2.24) is 10.2 Å². The van der Waals surface area contributed by atoms with Gasteiger partial charge in [0, 0.05) is 19.1 Å². The third-order valence-corrected chi connectivity index (χ3v) is 3.35. The highest BCUT2D eigenvalue weighted by Crippen LogP contribution is 2.27. The van der Waals surface area contributed by atoms with Crippen LogP contribution in [0.3, 0.4) is 0 Å². The summed E-state index contributed by atoms with van der Waals surface area (Å²) in [6, 6.07) is -0.0977. The Balaban J connectivity index is 4.73. The molecule has 0 amide bonds. The smallest absolute Gasteiger partial charge is 0.316 e. The molecule has 0 saturated carbocycles. The maximum atomic E-state index is 12.6. The average Bonchev–Trinajstić information content (AvgIpc) is 2.24. The van der Waals surface area contributed by atoms with Gasteiger partial charge in [-0.05, 0) is 32.2 Å². The second-order valence-corrected chi connectivity index (χ2v) is 5.95. The van der Waals surface area contributed by atoms with E-state index in [9.17, 15) is 13.2 Å². The zero-order chi connectivity index (χ0) is 15.1. The van der Waals surface area contributed by atoms with Gasteiger partial charge in [0.2, 0.25) is 0 Å². The molecule has 0 aliphatic heterocycles. The number of nitrogens with one attached hydrogen (secondary N) is 1. The average molecular weight is 282 g/mol. The van der Waals surface area contributed by atoms with E-state index >= 15 is 0 Å². The van der Waals surface area contributed by atoms with Crippen LogP contribution in [0.2, 0.25) is 0 Å². The number of halogens is 3. The van der Waals surface area contributed by atoms with Crippen LogP contribution in [-0.4, -0.2) is 43.3 Å². The van der Waals surface area contributed by atoms with E-state index in [-0.39, 0.29) is 11.5 Å². The fraction of sp³-hybridized carbons (Fsp3) is 1.00. The van der Waals surface area contributed by atoms with Gasteiger partial charge in [-0.2, -0.15) is 13.2 Å². The summed E-state index contributed by atoms with van der Waals surface area (Å²) in [5.74, 6) is 0. The number of nitrogens with zero attached hydrogens (tertiary/aromatic N) is 1. The molecular weight excluding hydrogens is 253 g/mol. The first-order chi connectivity index (χ1) is 8.63. The van der Waals surface area contributed by atoms with Gasteiger partial charge in [0.15, 0.2) is 0 Å². The van der Waals surface area contributed by atoms with Gasteiger partial charge >= 0.3 is 6.18 Å². The summed E-state index contributed by atoms with van der Waals surface area (Å²) in [6.45, 7) is 11.1. The molecule has 5 heteroatoms. The zero-order valence-corrected chi connectivity index (χ0v) is 12.9. The van der Waals surface area contributed by atoms with Gasteiger partial charge in [-0.3, -0.25) is 4.90 Å². The molecule has 0 radical (unpaired) electrons. The number of alkyl halides is 3. The molecule has 1 unspecified atom stereocenters. The second kappa shape index (κ2) is 8.10. The highest BCUT2D eigenvalue weighted by molar-refractivity contribution is 4.82. The maximum absolute atomic E-state index is 12.6. The first-order valence-corrected chi connectivity index (χ1v) is 7.15. The molecule has 2 nitrogen and oxygen atoms in total. The summed E-state index contributed by atoms with van der Waals surface area (Å²) in [6.07, 6.45) is -2.21. The first-order valence-electron chi connectivity index (χ1n) is 7.15. The molecule has 0 aromatic rings. The predicted molar refractivity (Wildman–Crippen MR) is 74.3 cm³/mol. The van der Waals surface area contributed by atoms with Crippen molar-refractivity contribution in [2.45, 2.75) is 59.7 Å². The summed E-state index contributed by atoms with van der Waals surface area (Å²) >= 11 is 0. The Bertz CT molecular complexity index is 241. The molecule has 1 N–H and O–H groups in total. The second-order valence-electron chi connectivity index (χ2n) is 5.95. The third kappa shape index (κ3) is 8.47. The molecule has 19 heavy (non-hydrogen) atoms. The predicted octanol–water partition coefficient (Wildman–Crippen LogP) is 3.68. The van der Waals surface area contributed by atoms with Crippen molar-refractivity contribution in [2.75, 3.05) is 26.2 Å². The van der Waals surface area contributed by atoms with Crippen molar-refractivity contribution in [1.29, 1.82) is 0 Å². The Kier molecular flexibility index (Phi) is 7.98. The van der Waals surface area contributed by atoms with E-state index in [4.69, 9.17) is 0 Å². The number of hydrogen-bond acceptors (Lipinski definition) is 2. The highest BCUT2D eigenvalue weighted by Gasteiger charge is 2.35. The molecule has 1 atom stereocenters. The van der Waals surface area contributed by atoms with E-state index < -0.39 is 12.7 Å². The summed E-state index contributed by atoms with van der Waals surface area (Å²) < 4.78 is 37.9. The molecular formula is C14H29F3N2. The van der Waals surface area contributed by atoms with Crippen LogP contribution in [0.4, 0.5) is 13.2 Å². The van der Waals surface area contributed by atoms with E-state index in [2.05, 4.69) is 19.2 Å². The van der Waals surface area contributed by atoms with E-state index in [1.54, 1.807) is 0 Å². The van der Waals surface area contributed by atoms with Crippen molar-refractivity contribution in [2.24, 2.45) is 5.41 Å². The molecule has 0 fully saturated rings. The van der Waals surface area contributed by atoms with Gasteiger partial charge in [-0.1, -0.05) is 27.2 Å². The van der Waals surface area contributed by atoms with Crippen LogP contribution in [0.5, 0.6) is 0 Å². The Labute approximate surface area is 115 Å². The largest absolute Gasteiger partial charge is 0.401 e. The first kappa shape index (κ1) is 18.7. The van der Waals surface area contributed by atoms with Gasteiger partial charge in [0.05, 0.1) is 6.54 Å². The van der Waals surface area contributed by atoms with Crippen LogP contribution in [0.1, 0.15) is 47.5 Å². The molecule has 0 aromatic heterocycles. The van der Waals surface area contributed by atoms with Crippen molar-refractivity contribution in [3.63, 3.8) is 0 Å². The summed E-state index contributed by atoms with van der Waals surface area (Å²) in [7, 11) is 0. The van der Waals surface area contributed by atoms with Gasteiger partial charge in [-0.25, -0.2) is 0 Å².